The van der Waals surface area contributed by atoms with E-state index in [-0.39, 0.29) is 25.4 Å². The monoisotopic (exact) mass is 276 g/mol. The number of phenolic OH excluding ortho intramolecular Hbond substituents is 1. The van der Waals surface area contributed by atoms with Crippen molar-refractivity contribution >= 4 is 7.60 Å². The van der Waals surface area contributed by atoms with Gasteiger partial charge in [-0.2, -0.15) is 0 Å². The highest BCUT2D eigenvalue weighted by atomic mass is 31.2. The summed E-state index contributed by atoms with van der Waals surface area (Å²) in [6.07, 6.45) is -0.204. The Morgan fingerprint density at radius 3 is 2.33 bits per heavy atom. The maximum absolute atomic E-state index is 14.1. The fraction of sp³-hybridized carbons (Fsp3) is 0.500. The zero-order valence-electron chi connectivity index (χ0n) is 10.5. The Balaban J connectivity index is 2.82. The van der Waals surface area contributed by atoms with Crippen molar-refractivity contribution in [2.45, 2.75) is 26.2 Å². The lowest BCUT2D eigenvalue weighted by Gasteiger charge is -2.20. The zero-order valence-corrected chi connectivity index (χ0v) is 11.4. The molecule has 0 radical (unpaired) electrons. The van der Waals surface area contributed by atoms with Crippen LogP contribution in [-0.2, 0) is 20.0 Å². The minimum absolute atomic E-state index is 0.0281. The van der Waals surface area contributed by atoms with E-state index in [1.54, 1.807) is 32.0 Å². The van der Waals surface area contributed by atoms with E-state index in [0.717, 1.165) is 0 Å². The molecule has 0 heterocycles. The SMILES string of the molecule is CCOP(=O)(OCC)C(F)Cc1ccccc1O. The molecule has 0 spiro atoms. The van der Waals surface area contributed by atoms with Crippen LogP contribution in [0.5, 0.6) is 5.75 Å². The number of alkyl halides is 1. The number of phenols is 1. The molecule has 0 amide bonds. The van der Waals surface area contributed by atoms with Crippen LogP contribution in [0.15, 0.2) is 24.3 Å². The molecule has 1 unspecified atom stereocenters. The van der Waals surface area contributed by atoms with E-state index in [2.05, 4.69) is 0 Å². The minimum Gasteiger partial charge on any atom is -0.508 e. The Morgan fingerprint density at radius 2 is 1.83 bits per heavy atom. The normalized spacial score (nSPS) is 13.5. The molecule has 1 atom stereocenters. The highest BCUT2D eigenvalue weighted by Gasteiger charge is 2.36. The first-order valence-electron chi connectivity index (χ1n) is 5.83. The summed E-state index contributed by atoms with van der Waals surface area (Å²) in [5.74, 6) is -1.81. The highest BCUT2D eigenvalue weighted by molar-refractivity contribution is 7.54. The second kappa shape index (κ2) is 6.88. The van der Waals surface area contributed by atoms with Gasteiger partial charge in [0.1, 0.15) is 5.75 Å². The Labute approximate surface area is 106 Å². The number of halogens is 1. The molecular weight excluding hydrogens is 258 g/mol. The summed E-state index contributed by atoms with van der Waals surface area (Å²) in [5.41, 5.74) is 0.379. The molecule has 0 fully saturated rings. The van der Waals surface area contributed by atoms with Crippen molar-refractivity contribution in [3.63, 3.8) is 0 Å². The molecule has 0 bridgehead atoms. The number of aromatic hydroxyl groups is 1. The van der Waals surface area contributed by atoms with Gasteiger partial charge >= 0.3 is 7.60 Å². The van der Waals surface area contributed by atoms with Crippen molar-refractivity contribution < 1.29 is 23.1 Å². The van der Waals surface area contributed by atoms with Gasteiger partial charge in [-0.1, -0.05) is 18.2 Å². The number of hydrogen-bond donors (Lipinski definition) is 1. The summed E-state index contributed by atoms with van der Waals surface area (Å²) in [5, 5.41) is 9.55. The molecule has 0 saturated carbocycles. The van der Waals surface area contributed by atoms with Crippen molar-refractivity contribution in [2.75, 3.05) is 13.2 Å². The summed E-state index contributed by atoms with van der Waals surface area (Å²) in [4.78, 5) is 0. The fourth-order valence-electron chi connectivity index (χ4n) is 1.54. The third-order valence-corrected chi connectivity index (χ3v) is 4.45. The second-order valence-electron chi connectivity index (χ2n) is 3.64. The second-order valence-corrected chi connectivity index (χ2v) is 5.80. The zero-order chi connectivity index (χ0) is 13.6. The largest absolute Gasteiger partial charge is 0.508 e. The van der Waals surface area contributed by atoms with E-state index >= 15 is 0 Å². The van der Waals surface area contributed by atoms with Crippen molar-refractivity contribution in [1.82, 2.24) is 0 Å². The van der Waals surface area contributed by atoms with Crippen LogP contribution in [0, 0.1) is 0 Å². The maximum Gasteiger partial charge on any atom is 0.364 e. The number of hydrogen-bond acceptors (Lipinski definition) is 4. The lowest BCUT2D eigenvalue weighted by molar-refractivity contribution is 0.189. The molecule has 1 aromatic rings. The van der Waals surface area contributed by atoms with Gasteiger partial charge in [-0.25, -0.2) is 4.39 Å². The van der Waals surface area contributed by atoms with Crippen LogP contribution in [0.4, 0.5) is 4.39 Å². The predicted molar refractivity (Wildman–Crippen MR) is 67.6 cm³/mol. The van der Waals surface area contributed by atoms with Crippen molar-refractivity contribution in [3.05, 3.63) is 29.8 Å². The molecule has 0 aromatic heterocycles. The van der Waals surface area contributed by atoms with Crippen LogP contribution >= 0.6 is 7.60 Å². The first kappa shape index (κ1) is 15.2. The Morgan fingerprint density at radius 1 is 1.28 bits per heavy atom. The van der Waals surface area contributed by atoms with Gasteiger partial charge in [-0.05, 0) is 25.5 Å². The van der Waals surface area contributed by atoms with Crippen molar-refractivity contribution in [1.29, 1.82) is 0 Å². The molecule has 0 saturated heterocycles. The lowest BCUT2D eigenvalue weighted by atomic mass is 10.1. The highest BCUT2D eigenvalue weighted by Crippen LogP contribution is 2.54. The van der Waals surface area contributed by atoms with Gasteiger partial charge in [0, 0.05) is 6.42 Å². The third kappa shape index (κ3) is 3.80. The molecule has 6 heteroatoms. The van der Waals surface area contributed by atoms with E-state index in [9.17, 15) is 14.1 Å². The molecule has 18 heavy (non-hydrogen) atoms. The number of benzene rings is 1. The quantitative estimate of drug-likeness (QED) is 0.774. The van der Waals surface area contributed by atoms with Gasteiger partial charge in [0.15, 0.2) is 0 Å². The molecule has 1 aromatic carbocycles. The van der Waals surface area contributed by atoms with E-state index in [1.165, 1.54) is 6.07 Å². The van der Waals surface area contributed by atoms with Crippen molar-refractivity contribution in [2.24, 2.45) is 0 Å². The van der Waals surface area contributed by atoms with Gasteiger partial charge in [0.05, 0.1) is 13.2 Å². The van der Waals surface area contributed by atoms with Crippen LogP contribution in [-0.4, -0.2) is 24.2 Å². The van der Waals surface area contributed by atoms with Crippen LogP contribution in [0.25, 0.3) is 0 Å². The third-order valence-electron chi connectivity index (χ3n) is 2.34. The summed E-state index contributed by atoms with van der Waals surface area (Å²) < 4.78 is 36.0. The van der Waals surface area contributed by atoms with Gasteiger partial charge < -0.3 is 14.2 Å². The predicted octanol–water partition coefficient (Wildman–Crippen LogP) is 3.50. The van der Waals surface area contributed by atoms with Gasteiger partial charge in [0.2, 0.25) is 5.91 Å². The first-order valence-corrected chi connectivity index (χ1v) is 7.44. The van der Waals surface area contributed by atoms with Crippen LogP contribution in [0.1, 0.15) is 19.4 Å². The molecule has 0 aliphatic heterocycles. The average Bonchev–Trinajstić information content (AvgIpc) is 2.32. The number of para-hydroxylation sites is 1. The van der Waals surface area contributed by atoms with Crippen LogP contribution in [0.2, 0.25) is 0 Å². The van der Waals surface area contributed by atoms with Crippen LogP contribution in [0.3, 0.4) is 0 Å². The Bertz CT molecular complexity index is 414. The summed E-state index contributed by atoms with van der Waals surface area (Å²) in [6, 6.07) is 6.34. The molecule has 0 aliphatic rings. The fourth-order valence-corrected chi connectivity index (χ4v) is 3.07. The van der Waals surface area contributed by atoms with Crippen molar-refractivity contribution in [3.8, 4) is 5.75 Å². The first-order chi connectivity index (χ1) is 8.53. The average molecular weight is 276 g/mol. The molecule has 102 valence electrons. The van der Waals surface area contributed by atoms with E-state index in [1.807, 2.05) is 0 Å². The summed E-state index contributed by atoms with van der Waals surface area (Å²) in [7, 11) is -3.77. The van der Waals surface area contributed by atoms with E-state index in [0.29, 0.717) is 5.56 Å². The molecular formula is C12H18FO4P. The molecule has 1 rings (SSSR count). The van der Waals surface area contributed by atoms with Gasteiger partial charge in [0.25, 0.3) is 0 Å². The molecule has 4 nitrogen and oxygen atoms in total. The van der Waals surface area contributed by atoms with E-state index < -0.39 is 13.5 Å². The van der Waals surface area contributed by atoms with Gasteiger partial charge in [-0.3, -0.25) is 4.57 Å². The molecule has 0 aliphatic carbocycles. The topological polar surface area (TPSA) is 55.8 Å². The van der Waals surface area contributed by atoms with E-state index in [4.69, 9.17) is 9.05 Å². The Kier molecular flexibility index (Phi) is 5.79. The maximum atomic E-state index is 14.1. The number of rotatable bonds is 7. The standard InChI is InChI=1S/C12H18FO4P/c1-3-16-18(15,17-4-2)12(13)9-10-7-5-6-8-11(10)14/h5-8,12,14H,3-4,9H2,1-2H3. The minimum atomic E-state index is -3.77. The Hall–Kier alpha value is -0.900. The van der Waals surface area contributed by atoms with Gasteiger partial charge in [-0.15, -0.1) is 0 Å². The molecule has 1 N–H and O–H groups in total. The van der Waals surface area contributed by atoms with Crippen LogP contribution < -0.4 is 0 Å². The lowest BCUT2D eigenvalue weighted by Crippen LogP contribution is -2.11. The smallest absolute Gasteiger partial charge is 0.364 e. The summed E-state index contributed by atoms with van der Waals surface area (Å²) >= 11 is 0. The summed E-state index contributed by atoms with van der Waals surface area (Å²) in [6.45, 7) is 3.47.